The van der Waals surface area contributed by atoms with E-state index in [2.05, 4.69) is 0 Å². The number of rotatable bonds is 0. The van der Waals surface area contributed by atoms with Gasteiger partial charge in [0, 0.05) is 0 Å². The van der Waals surface area contributed by atoms with Gasteiger partial charge in [-0.15, -0.1) is 0 Å². The van der Waals surface area contributed by atoms with Crippen LogP contribution in [0.4, 0.5) is 0 Å². The molecule has 4 N–H and O–H groups in total. The van der Waals surface area contributed by atoms with Gasteiger partial charge in [-0.05, 0) is 0 Å². The molecule has 7 heavy (non-hydrogen) atoms. The van der Waals surface area contributed by atoms with E-state index >= 15 is 0 Å². The van der Waals surface area contributed by atoms with Crippen molar-refractivity contribution in [1.29, 1.82) is 0 Å². The summed E-state index contributed by atoms with van der Waals surface area (Å²) < 4.78 is 0. The second-order valence-electron chi connectivity index (χ2n) is 0. The summed E-state index contributed by atoms with van der Waals surface area (Å²) in [6, 6.07) is 0. The fraction of sp³-hybridized carbons (Fsp3) is 0. The average molecular weight is 279 g/mol. The van der Waals surface area contributed by atoms with E-state index in [1.807, 2.05) is 0 Å². The minimum atomic E-state index is 0. The first kappa shape index (κ1) is 178. The Labute approximate surface area is 79.8 Å². The van der Waals surface area contributed by atoms with E-state index in [-0.39, 0.29) is 80.1 Å². The van der Waals surface area contributed by atoms with Crippen molar-refractivity contribution in [3.8, 4) is 0 Å². The third-order valence-corrected chi connectivity index (χ3v) is 0. The normalized spacial score (nSPS) is 0. The van der Waals surface area contributed by atoms with Crippen molar-refractivity contribution in [2.75, 3.05) is 0 Å². The van der Waals surface area contributed by atoms with Crippen LogP contribution in [-0.2, 0) is 19.5 Å². The van der Waals surface area contributed by atoms with Crippen molar-refractivity contribution < 1.29 is 80.1 Å². The van der Waals surface area contributed by atoms with E-state index in [4.69, 9.17) is 0 Å². The molecule has 0 aromatic rings. The van der Waals surface area contributed by atoms with E-state index in [0.717, 1.165) is 0 Å². The Bertz CT molecular complexity index is 9.65. The molecule has 0 aromatic carbocycles. The van der Waals surface area contributed by atoms with E-state index in [1.54, 1.807) is 0 Å². The molecule has 0 atom stereocenters. The second-order valence-corrected chi connectivity index (χ2v) is 0. The smallest absolute Gasteiger partial charge is 1.00 e. The molecule has 52 valence electrons. The van der Waals surface area contributed by atoms with Gasteiger partial charge >= 0.3 is 19.5 Å². The number of halogens is 4. The zero-order chi connectivity index (χ0) is 0. The van der Waals surface area contributed by atoms with Crippen LogP contribution in [0, 0.1) is 0 Å². The van der Waals surface area contributed by atoms with Gasteiger partial charge in [-0.25, -0.2) is 0 Å². The summed E-state index contributed by atoms with van der Waals surface area (Å²) in [5, 5.41) is 0. The molecule has 0 bridgehead atoms. The summed E-state index contributed by atoms with van der Waals surface area (Å²) in [5.74, 6) is 0. The van der Waals surface area contributed by atoms with Crippen LogP contribution in [0.25, 0.3) is 0 Å². The molecule has 0 aliphatic carbocycles. The molecule has 0 heterocycles. The molecule has 0 spiro atoms. The van der Waals surface area contributed by atoms with E-state index < -0.39 is 0 Å². The molecule has 0 aromatic heterocycles. The van der Waals surface area contributed by atoms with E-state index in [9.17, 15) is 0 Å². The first-order valence-corrected chi connectivity index (χ1v) is 0. The van der Waals surface area contributed by atoms with Crippen molar-refractivity contribution in [3.05, 3.63) is 0 Å². The average Bonchev–Trinajstić information content (AvgIpc) is 0. The maximum Gasteiger partial charge on any atom is 4.00 e. The van der Waals surface area contributed by atoms with Gasteiger partial charge in [-0.1, -0.05) is 0 Å². The first-order valence-electron chi connectivity index (χ1n) is 0. The summed E-state index contributed by atoms with van der Waals surface area (Å²) in [4.78, 5) is 0. The van der Waals surface area contributed by atoms with Crippen LogP contribution >= 0.6 is 0 Å². The molecule has 0 amide bonds. The van der Waals surface area contributed by atoms with E-state index in [1.165, 1.54) is 0 Å². The van der Waals surface area contributed by atoms with Crippen molar-refractivity contribution in [3.63, 3.8) is 0 Å². The Kier molecular flexibility index (Phi) is 3030. The van der Waals surface area contributed by atoms with Gasteiger partial charge < -0.3 is 60.6 Å². The molecule has 0 aliphatic heterocycles. The first-order chi connectivity index (χ1) is 0. The van der Waals surface area contributed by atoms with Gasteiger partial charge in [0.15, 0.2) is 0 Å². The Morgan fingerprint density at radius 1 is 0.429 bits per heavy atom. The van der Waals surface area contributed by atoms with Gasteiger partial charge in [0.1, 0.15) is 0 Å². The topological polar surface area (TPSA) is 63.0 Å². The van der Waals surface area contributed by atoms with Gasteiger partial charge in [-0.3, -0.25) is 0 Å². The molecule has 0 aliphatic rings. The summed E-state index contributed by atoms with van der Waals surface area (Å²) in [5.41, 5.74) is 0. The van der Waals surface area contributed by atoms with Crippen molar-refractivity contribution in [2.45, 2.75) is 0 Å². The van der Waals surface area contributed by atoms with Crippen LogP contribution in [0.5, 0.6) is 0 Å². The third kappa shape index (κ3) is 86.4. The second kappa shape index (κ2) is 119. The van der Waals surface area contributed by atoms with Crippen molar-refractivity contribution >= 4 is 0 Å². The fourth-order valence-corrected chi connectivity index (χ4v) is 0. The summed E-state index contributed by atoms with van der Waals surface area (Å²) in [6.45, 7) is 0. The van der Waals surface area contributed by atoms with E-state index in [0.29, 0.717) is 0 Å². The quantitative estimate of drug-likeness (QED) is 0.395. The van der Waals surface area contributed by atoms with Gasteiger partial charge in [0.25, 0.3) is 0 Å². The van der Waals surface area contributed by atoms with Crippen molar-refractivity contribution in [2.24, 2.45) is 0 Å². The standard InChI is InChI=1S/4ClH.2H2O.Ru/h4*1H;2*1H2;/q;;;;;;+4/p-4. The molecule has 0 rings (SSSR count). The number of hydrogen-bond acceptors (Lipinski definition) is 0. The van der Waals surface area contributed by atoms with Gasteiger partial charge in [-0.2, -0.15) is 0 Å². The Hall–Kier alpha value is 1.70. The number of hydrogen-bond donors (Lipinski definition) is 0. The monoisotopic (exact) mass is 278 g/mol. The minimum absolute atomic E-state index is 0. The maximum atomic E-state index is 0. The fourth-order valence-electron chi connectivity index (χ4n) is 0. The van der Waals surface area contributed by atoms with Crippen LogP contribution in [0.1, 0.15) is 0 Å². The Morgan fingerprint density at radius 2 is 0.429 bits per heavy atom. The molecule has 7 heteroatoms. The molecule has 0 unspecified atom stereocenters. The summed E-state index contributed by atoms with van der Waals surface area (Å²) in [7, 11) is 0. The minimum Gasteiger partial charge on any atom is -1.00 e. The molecular formula is H4Cl4O2Ru. The van der Waals surface area contributed by atoms with Crippen LogP contribution < -0.4 is 49.6 Å². The van der Waals surface area contributed by atoms with Crippen LogP contribution in [0.15, 0.2) is 0 Å². The SMILES string of the molecule is O.O.[Cl-].[Cl-].[Cl-].[Cl-].[Ru+4]. The van der Waals surface area contributed by atoms with Crippen LogP contribution in [0.3, 0.4) is 0 Å². The Morgan fingerprint density at radius 3 is 0.429 bits per heavy atom. The molecular weight excluding hydrogens is 275 g/mol. The van der Waals surface area contributed by atoms with Gasteiger partial charge in [0.2, 0.25) is 0 Å². The Balaban J connectivity index is 0. The predicted molar refractivity (Wildman–Crippen MR) is 7.23 cm³/mol. The van der Waals surface area contributed by atoms with Gasteiger partial charge in [0.05, 0.1) is 0 Å². The zero-order valence-corrected chi connectivity index (χ0v) is 7.63. The molecule has 0 radical (unpaired) electrons. The van der Waals surface area contributed by atoms with Crippen LogP contribution in [-0.4, -0.2) is 11.0 Å². The predicted octanol–water partition coefficient (Wildman–Crippen LogP) is -13.6. The largest absolute Gasteiger partial charge is 4.00 e. The van der Waals surface area contributed by atoms with Crippen LogP contribution in [0.2, 0.25) is 0 Å². The molecule has 2 nitrogen and oxygen atoms in total. The summed E-state index contributed by atoms with van der Waals surface area (Å²) >= 11 is 0. The summed E-state index contributed by atoms with van der Waals surface area (Å²) in [6.07, 6.45) is 0. The zero-order valence-electron chi connectivity index (χ0n) is 2.87. The van der Waals surface area contributed by atoms with Crippen molar-refractivity contribution in [1.82, 2.24) is 0 Å². The molecule has 0 saturated carbocycles. The maximum absolute atomic E-state index is 0. The molecule has 0 fully saturated rings. The molecule has 0 saturated heterocycles. The third-order valence-electron chi connectivity index (χ3n) is 0.